The van der Waals surface area contributed by atoms with Crippen molar-refractivity contribution in [1.82, 2.24) is 4.98 Å². The third-order valence-electron chi connectivity index (χ3n) is 5.60. The van der Waals surface area contributed by atoms with Crippen LogP contribution in [0.15, 0.2) is 54.6 Å². The Morgan fingerprint density at radius 1 is 1.08 bits per heavy atom. The Balaban J connectivity index is 1.78. The molecule has 0 N–H and O–H groups in total. The van der Waals surface area contributed by atoms with E-state index in [1.807, 2.05) is 6.07 Å². The second-order valence-corrected chi connectivity index (χ2v) is 8.61. The van der Waals surface area contributed by atoms with Crippen LogP contribution in [0.4, 0.5) is 24.7 Å². The van der Waals surface area contributed by atoms with Gasteiger partial charge in [0.05, 0.1) is 17.6 Å². The van der Waals surface area contributed by atoms with E-state index < -0.39 is 42.5 Å². The first-order valence-corrected chi connectivity index (χ1v) is 11.5. The second-order valence-electron chi connectivity index (χ2n) is 8.20. The number of fused-ring (bicyclic) bond motifs is 1. The van der Waals surface area contributed by atoms with Crippen molar-refractivity contribution in [3.05, 3.63) is 59.6 Å². The van der Waals surface area contributed by atoms with Crippen molar-refractivity contribution < 1.29 is 41.7 Å². The quantitative estimate of drug-likeness (QED) is 0.378. The molecular weight excluding hydrogens is 517 g/mol. The van der Waals surface area contributed by atoms with E-state index in [2.05, 4.69) is 9.72 Å². The van der Waals surface area contributed by atoms with Gasteiger partial charge in [0.2, 0.25) is 0 Å². The molecule has 196 valence electrons. The van der Waals surface area contributed by atoms with Crippen molar-refractivity contribution in [2.24, 2.45) is 0 Å². The highest BCUT2D eigenvalue weighted by Crippen LogP contribution is 2.36. The van der Waals surface area contributed by atoms with Crippen LogP contribution in [0.5, 0.6) is 5.75 Å². The van der Waals surface area contributed by atoms with Crippen molar-refractivity contribution in [2.45, 2.75) is 44.6 Å². The molecule has 2 heterocycles. The van der Waals surface area contributed by atoms with Gasteiger partial charge in [0.15, 0.2) is 6.10 Å². The predicted molar refractivity (Wildman–Crippen MR) is 127 cm³/mol. The molecule has 1 saturated heterocycles. The molecule has 0 spiro atoms. The highest BCUT2D eigenvalue weighted by atomic mass is 35.5. The maximum absolute atomic E-state index is 12.7. The summed E-state index contributed by atoms with van der Waals surface area (Å²) in [5.41, 5.74) is 0.867. The number of carbonyl (C=O) groups excluding carboxylic acids is 2. The minimum Gasteiger partial charge on any atom is -0.467 e. The molecule has 1 aliphatic rings. The van der Waals surface area contributed by atoms with Gasteiger partial charge in [-0.1, -0.05) is 23.7 Å². The van der Waals surface area contributed by atoms with E-state index >= 15 is 0 Å². The Hall–Kier alpha value is -3.57. The standard InChI is InChI=1S/C25H22ClF3N2O6/c1-14(32)35-18-12-20(24(33)34-2)36-22(13-18)31(16-7-9-17(10-8-16)37-25(27,28)29)21-11-6-15-4-3-5-19(26)23(15)30-21/h3-11,18,20,22H,12-13H2,1-2H3/t18-,20-,22+/m0/s1. The van der Waals surface area contributed by atoms with Crippen molar-refractivity contribution in [3.63, 3.8) is 0 Å². The maximum atomic E-state index is 12.7. The molecule has 0 amide bonds. The van der Waals surface area contributed by atoms with E-state index in [-0.39, 0.29) is 12.8 Å². The molecule has 1 aliphatic heterocycles. The van der Waals surface area contributed by atoms with Crippen molar-refractivity contribution in [3.8, 4) is 5.75 Å². The van der Waals surface area contributed by atoms with E-state index in [4.69, 9.17) is 25.8 Å². The molecule has 37 heavy (non-hydrogen) atoms. The molecule has 1 fully saturated rings. The number of aromatic nitrogens is 1. The zero-order valence-corrected chi connectivity index (χ0v) is 20.5. The SMILES string of the molecule is COC(=O)[C@@H]1C[C@H](OC(C)=O)C[C@H](N(c2ccc(OC(F)(F)F)cc2)c2ccc3cccc(Cl)c3n2)O1. The summed E-state index contributed by atoms with van der Waals surface area (Å²) in [6, 6.07) is 13.8. The van der Waals surface area contributed by atoms with Crippen LogP contribution in [0.3, 0.4) is 0 Å². The van der Waals surface area contributed by atoms with E-state index in [0.717, 1.165) is 17.5 Å². The van der Waals surface area contributed by atoms with Crippen LogP contribution in [0, 0.1) is 0 Å². The summed E-state index contributed by atoms with van der Waals surface area (Å²) >= 11 is 6.36. The number of hydrogen-bond donors (Lipinski definition) is 0. The molecular formula is C25H22ClF3N2O6. The molecule has 3 aromatic rings. The van der Waals surface area contributed by atoms with Crippen LogP contribution >= 0.6 is 11.6 Å². The number of methoxy groups -OCH3 is 1. The zero-order valence-electron chi connectivity index (χ0n) is 19.7. The summed E-state index contributed by atoms with van der Waals surface area (Å²) in [7, 11) is 1.21. The lowest BCUT2D eigenvalue weighted by Gasteiger charge is -2.40. The number of nitrogens with zero attached hydrogens (tertiary/aromatic N) is 2. The van der Waals surface area contributed by atoms with Gasteiger partial charge in [0.25, 0.3) is 0 Å². The van der Waals surface area contributed by atoms with Gasteiger partial charge in [0.1, 0.15) is 23.9 Å². The number of carbonyl (C=O) groups is 2. The average Bonchev–Trinajstić information content (AvgIpc) is 2.84. The normalized spacial score (nSPS) is 19.8. The number of pyridine rings is 1. The number of alkyl halides is 3. The molecule has 0 radical (unpaired) electrons. The van der Waals surface area contributed by atoms with Crippen molar-refractivity contribution in [1.29, 1.82) is 0 Å². The average molecular weight is 539 g/mol. The minimum atomic E-state index is -4.85. The van der Waals surface area contributed by atoms with E-state index in [1.54, 1.807) is 29.2 Å². The van der Waals surface area contributed by atoms with Crippen LogP contribution in [0.1, 0.15) is 19.8 Å². The zero-order chi connectivity index (χ0) is 26.7. The summed E-state index contributed by atoms with van der Waals surface area (Å²) in [6.45, 7) is 1.25. The molecule has 4 rings (SSSR count). The van der Waals surface area contributed by atoms with Gasteiger partial charge >= 0.3 is 18.3 Å². The number of rotatable bonds is 6. The number of halogens is 4. The summed E-state index contributed by atoms with van der Waals surface area (Å²) in [6.07, 6.45) is -7.31. The van der Waals surface area contributed by atoms with E-state index in [1.165, 1.54) is 26.2 Å². The number of hydrogen-bond acceptors (Lipinski definition) is 8. The van der Waals surface area contributed by atoms with Crippen LogP contribution < -0.4 is 9.64 Å². The Labute approximate surface area is 214 Å². The van der Waals surface area contributed by atoms with Crippen LogP contribution in [-0.2, 0) is 23.8 Å². The number of ether oxygens (including phenoxy) is 4. The van der Waals surface area contributed by atoms with Crippen LogP contribution in [0.25, 0.3) is 10.9 Å². The minimum absolute atomic E-state index is 0.0753. The molecule has 1 aromatic heterocycles. The summed E-state index contributed by atoms with van der Waals surface area (Å²) < 4.78 is 58.3. The number of para-hydroxylation sites is 1. The lowest BCUT2D eigenvalue weighted by atomic mass is 10.0. The molecule has 0 unspecified atom stereocenters. The molecule has 2 aromatic carbocycles. The summed E-state index contributed by atoms with van der Waals surface area (Å²) in [4.78, 5) is 30.3. The van der Waals surface area contributed by atoms with E-state index in [0.29, 0.717) is 22.0 Å². The fourth-order valence-electron chi connectivity index (χ4n) is 4.13. The molecule has 0 aliphatic carbocycles. The third-order valence-corrected chi connectivity index (χ3v) is 5.90. The van der Waals surface area contributed by atoms with Crippen LogP contribution in [0.2, 0.25) is 5.02 Å². The lowest BCUT2D eigenvalue weighted by molar-refractivity contribution is -0.274. The topological polar surface area (TPSA) is 87.2 Å². The molecule has 8 nitrogen and oxygen atoms in total. The fraction of sp³-hybridized carbons (Fsp3) is 0.320. The highest BCUT2D eigenvalue weighted by molar-refractivity contribution is 6.35. The summed E-state index contributed by atoms with van der Waals surface area (Å²) in [5.74, 6) is -1.28. The van der Waals surface area contributed by atoms with E-state index in [9.17, 15) is 22.8 Å². The van der Waals surface area contributed by atoms with Gasteiger partial charge < -0.3 is 18.9 Å². The fourth-order valence-corrected chi connectivity index (χ4v) is 4.35. The first kappa shape index (κ1) is 26.5. The summed E-state index contributed by atoms with van der Waals surface area (Å²) in [5, 5.41) is 1.16. The number of anilines is 2. The second kappa shape index (κ2) is 10.8. The molecule has 0 bridgehead atoms. The number of esters is 2. The number of benzene rings is 2. The van der Waals surface area contributed by atoms with Crippen LogP contribution in [-0.4, -0.2) is 48.8 Å². The van der Waals surface area contributed by atoms with Gasteiger partial charge in [-0.15, -0.1) is 13.2 Å². The van der Waals surface area contributed by atoms with Crippen molar-refractivity contribution in [2.75, 3.05) is 12.0 Å². The maximum Gasteiger partial charge on any atom is 0.573 e. The molecule has 12 heteroatoms. The third kappa shape index (κ3) is 6.41. The first-order chi connectivity index (χ1) is 17.5. The van der Waals surface area contributed by atoms with Gasteiger partial charge in [0, 0.05) is 30.8 Å². The lowest BCUT2D eigenvalue weighted by Crippen LogP contribution is -2.48. The van der Waals surface area contributed by atoms with Gasteiger partial charge in [-0.2, -0.15) is 0 Å². The molecule has 3 atom stereocenters. The molecule has 0 saturated carbocycles. The monoisotopic (exact) mass is 538 g/mol. The van der Waals surface area contributed by atoms with Gasteiger partial charge in [-0.05, 0) is 42.5 Å². The van der Waals surface area contributed by atoms with Gasteiger partial charge in [-0.3, -0.25) is 9.69 Å². The Kier molecular flexibility index (Phi) is 7.74. The smallest absolute Gasteiger partial charge is 0.467 e. The largest absolute Gasteiger partial charge is 0.573 e. The Morgan fingerprint density at radius 3 is 2.46 bits per heavy atom. The Bertz CT molecular complexity index is 1290. The van der Waals surface area contributed by atoms with Gasteiger partial charge in [-0.25, -0.2) is 9.78 Å². The van der Waals surface area contributed by atoms with Crippen molar-refractivity contribution >= 4 is 45.9 Å². The Morgan fingerprint density at radius 2 is 1.81 bits per heavy atom. The predicted octanol–water partition coefficient (Wildman–Crippen LogP) is 5.53. The highest BCUT2D eigenvalue weighted by Gasteiger charge is 2.40. The first-order valence-electron chi connectivity index (χ1n) is 11.1.